The van der Waals surface area contributed by atoms with Gasteiger partial charge in [0.15, 0.2) is 10.8 Å². The molecule has 3 aromatic heterocycles. The number of amides is 1. The van der Waals surface area contributed by atoms with Crippen molar-refractivity contribution in [1.82, 2.24) is 19.7 Å². The molecule has 49 heavy (non-hydrogen) atoms. The number of rotatable bonds is 8. The van der Waals surface area contributed by atoms with Crippen molar-refractivity contribution in [2.24, 2.45) is 0 Å². The maximum absolute atomic E-state index is 13.5. The molecule has 4 heterocycles. The highest BCUT2D eigenvalue weighted by Crippen LogP contribution is 2.32. The quantitative estimate of drug-likeness (QED) is 0.171. The molecule has 9 nitrogen and oxygen atoms in total. The van der Waals surface area contributed by atoms with Crippen LogP contribution in [0.4, 0.5) is 10.9 Å². The lowest BCUT2D eigenvalue weighted by Gasteiger charge is -2.31. The summed E-state index contributed by atoms with van der Waals surface area (Å²) in [5.74, 6) is -0.805. The Morgan fingerprint density at radius 1 is 0.816 bits per heavy atom. The number of benzene rings is 4. The van der Waals surface area contributed by atoms with Gasteiger partial charge in [0.2, 0.25) is 0 Å². The first-order valence-corrected chi connectivity index (χ1v) is 16.7. The van der Waals surface area contributed by atoms with E-state index in [0.29, 0.717) is 53.7 Å². The van der Waals surface area contributed by atoms with E-state index in [4.69, 9.17) is 0 Å². The van der Waals surface area contributed by atoms with Crippen LogP contribution in [0.2, 0.25) is 0 Å². The summed E-state index contributed by atoms with van der Waals surface area (Å²) in [4.78, 5) is 37.3. The Bertz CT molecular complexity index is 2320. The third kappa shape index (κ3) is 6.05. The number of carbonyl (C=O) groups excluding carboxylic acids is 1. The largest absolute Gasteiger partial charge is 0.476 e. The molecule has 7 aromatic rings. The molecular weight excluding hydrogens is 633 g/mol. The van der Waals surface area contributed by atoms with Gasteiger partial charge in [0.1, 0.15) is 5.82 Å². The van der Waals surface area contributed by atoms with Gasteiger partial charge in [0, 0.05) is 36.0 Å². The van der Waals surface area contributed by atoms with Gasteiger partial charge in [-0.25, -0.2) is 14.8 Å². The van der Waals surface area contributed by atoms with Crippen molar-refractivity contribution in [2.45, 2.75) is 19.5 Å². The van der Waals surface area contributed by atoms with Crippen LogP contribution in [0.5, 0.6) is 0 Å². The highest BCUT2D eigenvalue weighted by molar-refractivity contribution is 7.22. The van der Waals surface area contributed by atoms with Crippen molar-refractivity contribution >= 4 is 44.4 Å². The first-order valence-electron chi connectivity index (χ1n) is 15.9. The molecular formula is C39H30N6O3S. The van der Waals surface area contributed by atoms with Crippen LogP contribution in [0.25, 0.3) is 32.5 Å². The Morgan fingerprint density at radius 2 is 1.63 bits per heavy atom. The minimum atomic E-state index is -1.12. The second-order valence-corrected chi connectivity index (χ2v) is 12.9. The third-order valence-electron chi connectivity index (χ3n) is 8.82. The van der Waals surface area contributed by atoms with Crippen molar-refractivity contribution in [3.05, 3.63) is 150 Å². The van der Waals surface area contributed by atoms with E-state index >= 15 is 0 Å². The zero-order chi connectivity index (χ0) is 33.3. The van der Waals surface area contributed by atoms with Crippen molar-refractivity contribution in [3.63, 3.8) is 0 Å². The molecule has 0 fully saturated rings. The summed E-state index contributed by atoms with van der Waals surface area (Å²) in [5.41, 5.74) is 7.86. The molecule has 0 saturated carbocycles. The molecule has 0 radical (unpaired) electrons. The molecule has 2 N–H and O–H groups in total. The van der Waals surface area contributed by atoms with Gasteiger partial charge >= 0.3 is 5.97 Å². The van der Waals surface area contributed by atoms with Crippen molar-refractivity contribution in [3.8, 4) is 22.3 Å². The number of carboxylic acid groups (broad SMARTS) is 1. The van der Waals surface area contributed by atoms with Crippen LogP contribution in [-0.2, 0) is 19.5 Å². The summed E-state index contributed by atoms with van der Waals surface area (Å²) < 4.78 is 2.82. The standard InChI is InChI=1S/C39H30N6O3S/c46-37(43-39-41-33-15-6-7-16-34(33)49-39)31-14-8-12-26-19-20-44(24-32(26)31)35-18-17-30(36(42-35)38(47)48)28-21-40-45(23-28)22-27-11-4-5-13-29(27)25-9-2-1-3-10-25/h1-18,21,23H,19-20,22,24H2,(H,47,48)(H,41,43,46). The van der Waals surface area contributed by atoms with Crippen LogP contribution in [0, 0.1) is 0 Å². The number of hydrogen-bond acceptors (Lipinski definition) is 7. The van der Waals surface area contributed by atoms with E-state index in [-0.39, 0.29) is 11.6 Å². The third-order valence-corrected chi connectivity index (χ3v) is 9.77. The van der Waals surface area contributed by atoms with Gasteiger partial charge in [-0.15, -0.1) is 0 Å². The smallest absolute Gasteiger partial charge is 0.355 e. The molecule has 8 rings (SSSR count). The lowest BCUT2D eigenvalue weighted by Crippen LogP contribution is -2.33. The fraction of sp³-hybridized carbons (Fsp3) is 0.103. The molecule has 240 valence electrons. The van der Waals surface area contributed by atoms with E-state index < -0.39 is 5.97 Å². The Morgan fingerprint density at radius 3 is 2.49 bits per heavy atom. The minimum Gasteiger partial charge on any atom is -0.476 e. The normalized spacial score (nSPS) is 12.5. The second kappa shape index (κ2) is 12.8. The zero-order valence-electron chi connectivity index (χ0n) is 26.3. The number of anilines is 2. The number of nitrogens with zero attached hydrogens (tertiary/aromatic N) is 5. The number of hydrogen-bond donors (Lipinski definition) is 2. The van der Waals surface area contributed by atoms with Gasteiger partial charge in [0.05, 0.1) is 23.0 Å². The lowest BCUT2D eigenvalue weighted by molar-refractivity contribution is 0.0691. The SMILES string of the molecule is O=C(Nc1nc2ccccc2s1)c1cccc2c1CN(c1ccc(-c3cnn(Cc4ccccc4-c4ccccc4)c3)c(C(=O)O)n1)CC2. The van der Waals surface area contributed by atoms with Crippen LogP contribution >= 0.6 is 11.3 Å². The molecule has 0 atom stereocenters. The van der Waals surface area contributed by atoms with E-state index in [1.165, 1.54) is 11.3 Å². The molecule has 0 saturated heterocycles. The van der Waals surface area contributed by atoms with Crippen molar-refractivity contribution in [1.29, 1.82) is 0 Å². The van der Waals surface area contributed by atoms with Crippen LogP contribution in [-0.4, -0.2) is 43.3 Å². The van der Waals surface area contributed by atoms with Crippen LogP contribution < -0.4 is 10.2 Å². The monoisotopic (exact) mass is 662 g/mol. The van der Waals surface area contributed by atoms with Gasteiger partial charge in [-0.2, -0.15) is 5.10 Å². The Kier molecular flexibility index (Phi) is 7.90. The summed E-state index contributed by atoms with van der Waals surface area (Å²) in [6, 6.07) is 35.6. The predicted octanol–water partition coefficient (Wildman–Crippen LogP) is 7.78. The molecule has 1 aliphatic heterocycles. The van der Waals surface area contributed by atoms with E-state index in [9.17, 15) is 14.7 Å². The van der Waals surface area contributed by atoms with Gasteiger partial charge in [0.25, 0.3) is 5.91 Å². The summed E-state index contributed by atoms with van der Waals surface area (Å²) in [7, 11) is 0. The summed E-state index contributed by atoms with van der Waals surface area (Å²) >= 11 is 1.44. The Hall–Kier alpha value is -6.13. The summed E-state index contributed by atoms with van der Waals surface area (Å²) in [6.45, 7) is 1.59. The summed E-state index contributed by atoms with van der Waals surface area (Å²) in [5, 5.41) is 18.4. The second-order valence-electron chi connectivity index (χ2n) is 11.9. The van der Waals surface area contributed by atoms with Gasteiger partial charge < -0.3 is 10.0 Å². The predicted molar refractivity (Wildman–Crippen MR) is 192 cm³/mol. The number of carbonyl (C=O) groups is 2. The highest BCUT2D eigenvalue weighted by atomic mass is 32.1. The Labute approximate surface area is 286 Å². The van der Waals surface area contributed by atoms with Crippen LogP contribution in [0.15, 0.2) is 122 Å². The number of pyridine rings is 1. The molecule has 0 aliphatic carbocycles. The van der Waals surface area contributed by atoms with E-state index in [1.807, 2.05) is 94.6 Å². The maximum atomic E-state index is 13.5. The molecule has 0 spiro atoms. The number of aromatic nitrogens is 4. The number of nitrogens with one attached hydrogen (secondary N) is 1. The molecule has 1 aliphatic rings. The maximum Gasteiger partial charge on any atom is 0.355 e. The number of thiazole rings is 1. The van der Waals surface area contributed by atoms with Gasteiger partial charge in [-0.3, -0.25) is 14.8 Å². The average Bonchev–Trinajstić information content (AvgIpc) is 3.78. The molecule has 1 amide bonds. The topological polar surface area (TPSA) is 113 Å². The first-order chi connectivity index (χ1) is 24.0. The average molecular weight is 663 g/mol. The molecule has 10 heteroatoms. The molecule has 0 unspecified atom stereocenters. The number of para-hydroxylation sites is 1. The van der Waals surface area contributed by atoms with Gasteiger partial charge in [-0.1, -0.05) is 90.2 Å². The van der Waals surface area contributed by atoms with Crippen LogP contribution in [0.1, 0.15) is 37.5 Å². The highest BCUT2D eigenvalue weighted by Gasteiger charge is 2.25. The fourth-order valence-electron chi connectivity index (χ4n) is 6.42. The number of fused-ring (bicyclic) bond motifs is 2. The number of carboxylic acids is 1. The van der Waals surface area contributed by atoms with Crippen molar-refractivity contribution < 1.29 is 14.7 Å². The Balaban J connectivity index is 1.04. The lowest BCUT2D eigenvalue weighted by atomic mass is 9.94. The van der Waals surface area contributed by atoms with Crippen molar-refractivity contribution in [2.75, 3.05) is 16.8 Å². The van der Waals surface area contributed by atoms with Crippen LogP contribution in [0.3, 0.4) is 0 Å². The fourth-order valence-corrected chi connectivity index (χ4v) is 7.28. The van der Waals surface area contributed by atoms with E-state index in [1.54, 1.807) is 12.3 Å². The number of aromatic carboxylic acids is 1. The summed E-state index contributed by atoms with van der Waals surface area (Å²) in [6.07, 6.45) is 4.24. The van der Waals surface area contributed by atoms with Gasteiger partial charge in [-0.05, 0) is 64.6 Å². The molecule has 4 aromatic carbocycles. The molecule has 0 bridgehead atoms. The minimum absolute atomic E-state index is 0.0469. The first kappa shape index (κ1) is 30.2. The van der Waals surface area contributed by atoms with E-state index in [2.05, 4.69) is 44.6 Å². The zero-order valence-corrected chi connectivity index (χ0v) is 27.1. The van der Waals surface area contributed by atoms with E-state index in [0.717, 1.165) is 38.0 Å².